The minimum Gasteiger partial charge on any atom is -0.339 e. The van der Waals surface area contributed by atoms with E-state index in [2.05, 4.69) is 12.1 Å². The molecule has 0 spiro atoms. The van der Waals surface area contributed by atoms with Crippen LogP contribution in [0.4, 0.5) is 0 Å². The maximum Gasteiger partial charge on any atom is 0.245 e. The highest BCUT2D eigenvalue weighted by Crippen LogP contribution is 2.29. The number of hydrogen-bond donors (Lipinski definition) is 0. The van der Waals surface area contributed by atoms with Crippen LogP contribution in [0.25, 0.3) is 0 Å². The fraction of sp³-hybridized carbons (Fsp3) is 0.625. The van der Waals surface area contributed by atoms with Gasteiger partial charge in [0.1, 0.15) is 6.04 Å². The molecule has 3 aliphatic rings. The molecule has 1 saturated heterocycles. The third-order valence-electron chi connectivity index (χ3n) is 6.79. The van der Waals surface area contributed by atoms with Gasteiger partial charge in [0.05, 0.1) is 0 Å². The van der Waals surface area contributed by atoms with Crippen LogP contribution in [0.2, 0.25) is 0 Å². The molecule has 6 heteroatoms. The molecular formula is C24H33N3O3. The van der Waals surface area contributed by atoms with Crippen LogP contribution >= 0.6 is 0 Å². The van der Waals surface area contributed by atoms with Gasteiger partial charge in [-0.05, 0) is 29.9 Å². The van der Waals surface area contributed by atoms with Gasteiger partial charge in [0.25, 0.3) is 0 Å². The first-order valence-corrected chi connectivity index (χ1v) is 11.4. The first-order chi connectivity index (χ1) is 14.4. The predicted octanol–water partition coefficient (Wildman–Crippen LogP) is 2.46. The van der Waals surface area contributed by atoms with Crippen molar-refractivity contribution in [3.63, 3.8) is 0 Å². The van der Waals surface area contributed by atoms with Crippen molar-refractivity contribution in [1.29, 1.82) is 0 Å². The van der Waals surface area contributed by atoms with E-state index >= 15 is 0 Å². The molecule has 1 atom stereocenters. The van der Waals surface area contributed by atoms with Gasteiger partial charge >= 0.3 is 0 Å². The molecule has 2 aliphatic heterocycles. The average Bonchev–Trinajstić information content (AvgIpc) is 2.70. The van der Waals surface area contributed by atoms with Crippen LogP contribution in [0.5, 0.6) is 0 Å². The SMILES string of the molecule is CC(C)CC(=O)N1Cc2ccccc2CC1C(=O)N1CCN(C(=O)C2CCC2)CC1. The number of benzene rings is 1. The van der Waals surface area contributed by atoms with E-state index in [9.17, 15) is 14.4 Å². The van der Waals surface area contributed by atoms with Gasteiger partial charge in [0.15, 0.2) is 0 Å². The molecule has 0 radical (unpaired) electrons. The van der Waals surface area contributed by atoms with Crippen molar-refractivity contribution in [3.8, 4) is 0 Å². The topological polar surface area (TPSA) is 60.9 Å². The van der Waals surface area contributed by atoms with E-state index in [0.717, 1.165) is 30.4 Å². The summed E-state index contributed by atoms with van der Waals surface area (Å²) in [6, 6.07) is 7.66. The fourth-order valence-electron chi connectivity index (χ4n) is 4.74. The van der Waals surface area contributed by atoms with E-state index < -0.39 is 6.04 Å². The van der Waals surface area contributed by atoms with Crippen LogP contribution < -0.4 is 0 Å². The first kappa shape index (κ1) is 20.9. The summed E-state index contributed by atoms with van der Waals surface area (Å²) in [5.74, 6) is 0.792. The summed E-state index contributed by atoms with van der Waals surface area (Å²) in [5.41, 5.74) is 2.29. The zero-order chi connectivity index (χ0) is 21.3. The van der Waals surface area contributed by atoms with Crippen LogP contribution in [-0.2, 0) is 27.3 Å². The lowest BCUT2D eigenvalue weighted by Gasteiger charge is -2.42. The van der Waals surface area contributed by atoms with Crippen LogP contribution in [0.3, 0.4) is 0 Å². The van der Waals surface area contributed by atoms with Gasteiger partial charge in [-0.25, -0.2) is 0 Å². The highest BCUT2D eigenvalue weighted by molar-refractivity contribution is 5.89. The number of rotatable bonds is 4. The molecule has 30 heavy (non-hydrogen) atoms. The number of carbonyl (C=O) groups is 3. The molecule has 1 unspecified atom stereocenters. The Bertz CT molecular complexity index is 810. The van der Waals surface area contributed by atoms with E-state index in [-0.39, 0.29) is 29.6 Å². The van der Waals surface area contributed by atoms with E-state index in [4.69, 9.17) is 0 Å². The highest BCUT2D eigenvalue weighted by Gasteiger charge is 2.38. The summed E-state index contributed by atoms with van der Waals surface area (Å²) in [5, 5.41) is 0. The minimum atomic E-state index is -0.444. The average molecular weight is 412 g/mol. The van der Waals surface area contributed by atoms with Crippen molar-refractivity contribution in [3.05, 3.63) is 35.4 Å². The van der Waals surface area contributed by atoms with E-state index in [1.54, 1.807) is 4.90 Å². The third-order valence-corrected chi connectivity index (χ3v) is 6.79. The molecule has 6 nitrogen and oxygen atoms in total. The molecule has 0 bridgehead atoms. The lowest BCUT2D eigenvalue weighted by molar-refractivity contribution is -0.150. The molecule has 0 aromatic heterocycles. The van der Waals surface area contributed by atoms with Gasteiger partial charge in [-0.3, -0.25) is 14.4 Å². The number of fused-ring (bicyclic) bond motifs is 1. The largest absolute Gasteiger partial charge is 0.339 e. The van der Waals surface area contributed by atoms with Crippen LogP contribution in [0, 0.1) is 11.8 Å². The Balaban J connectivity index is 1.45. The van der Waals surface area contributed by atoms with Gasteiger partial charge in [-0.1, -0.05) is 44.5 Å². The molecule has 1 aromatic carbocycles. The van der Waals surface area contributed by atoms with E-state index in [0.29, 0.717) is 45.6 Å². The summed E-state index contributed by atoms with van der Waals surface area (Å²) >= 11 is 0. The maximum absolute atomic E-state index is 13.5. The van der Waals surface area contributed by atoms with Gasteiger partial charge < -0.3 is 14.7 Å². The van der Waals surface area contributed by atoms with Crippen LogP contribution in [0.1, 0.15) is 50.7 Å². The Morgan fingerprint density at radius 3 is 2.10 bits per heavy atom. The predicted molar refractivity (Wildman–Crippen MR) is 114 cm³/mol. The maximum atomic E-state index is 13.5. The molecular weight excluding hydrogens is 378 g/mol. The zero-order valence-corrected chi connectivity index (χ0v) is 18.2. The summed E-state index contributed by atoms with van der Waals surface area (Å²) in [7, 11) is 0. The van der Waals surface area contributed by atoms with Crippen molar-refractivity contribution < 1.29 is 14.4 Å². The van der Waals surface area contributed by atoms with Crippen molar-refractivity contribution in [1.82, 2.24) is 14.7 Å². The molecule has 3 amide bonds. The minimum absolute atomic E-state index is 0.0253. The molecule has 0 N–H and O–H groups in total. The molecule has 2 fully saturated rings. The number of hydrogen-bond acceptors (Lipinski definition) is 3. The van der Waals surface area contributed by atoms with Gasteiger partial charge in [-0.2, -0.15) is 0 Å². The van der Waals surface area contributed by atoms with Crippen molar-refractivity contribution in [2.45, 2.75) is 58.5 Å². The second-order valence-corrected chi connectivity index (χ2v) is 9.39. The third kappa shape index (κ3) is 4.23. The van der Waals surface area contributed by atoms with Crippen molar-refractivity contribution in [2.24, 2.45) is 11.8 Å². The van der Waals surface area contributed by atoms with Crippen molar-refractivity contribution >= 4 is 17.7 Å². The summed E-state index contributed by atoms with van der Waals surface area (Å²) < 4.78 is 0. The summed E-state index contributed by atoms with van der Waals surface area (Å²) in [6.45, 7) is 6.88. The Labute approximate surface area is 179 Å². The molecule has 1 aromatic rings. The Morgan fingerprint density at radius 1 is 0.933 bits per heavy atom. The summed E-state index contributed by atoms with van der Waals surface area (Å²) in [4.78, 5) is 44.5. The lowest BCUT2D eigenvalue weighted by Crippen LogP contribution is -2.58. The molecule has 2 heterocycles. The van der Waals surface area contributed by atoms with E-state index in [1.165, 1.54) is 0 Å². The Hall–Kier alpha value is -2.37. The van der Waals surface area contributed by atoms with E-state index in [1.807, 2.05) is 35.8 Å². The molecule has 1 aliphatic carbocycles. The van der Waals surface area contributed by atoms with Gasteiger partial charge in [-0.15, -0.1) is 0 Å². The summed E-state index contributed by atoms with van der Waals surface area (Å²) in [6.07, 6.45) is 4.19. The Kier molecular flexibility index (Phi) is 6.11. The standard InChI is InChI=1S/C24H33N3O3/c1-17(2)14-22(28)27-16-20-7-4-3-6-19(20)15-21(27)24(30)26-12-10-25(11-13-26)23(29)18-8-5-9-18/h3-4,6-7,17-18,21H,5,8-16H2,1-2H3. The molecule has 4 rings (SSSR count). The first-order valence-electron chi connectivity index (χ1n) is 11.4. The normalized spacial score (nSPS) is 22.0. The van der Waals surface area contributed by atoms with Crippen LogP contribution in [0.15, 0.2) is 24.3 Å². The number of amides is 3. The monoisotopic (exact) mass is 411 g/mol. The Morgan fingerprint density at radius 2 is 1.53 bits per heavy atom. The fourth-order valence-corrected chi connectivity index (χ4v) is 4.74. The number of piperazine rings is 1. The second kappa shape index (κ2) is 8.78. The van der Waals surface area contributed by atoms with Crippen molar-refractivity contribution in [2.75, 3.05) is 26.2 Å². The molecule has 162 valence electrons. The number of carbonyl (C=O) groups excluding carboxylic acids is 3. The lowest BCUT2D eigenvalue weighted by atomic mass is 9.84. The second-order valence-electron chi connectivity index (χ2n) is 9.39. The zero-order valence-electron chi connectivity index (χ0n) is 18.2. The molecule has 1 saturated carbocycles. The van der Waals surface area contributed by atoms with Gasteiger partial charge in [0, 0.05) is 51.5 Å². The highest BCUT2D eigenvalue weighted by atomic mass is 16.2. The quantitative estimate of drug-likeness (QED) is 0.765. The van der Waals surface area contributed by atoms with Crippen LogP contribution in [-0.4, -0.2) is 64.6 Å². The van der Waals surface area contributed by atoms with Gasteiger partial charge in [0.2, 0.25) is 17.7 Å². The number of nitrogens with zero attached hydrogens (tertiary/aromatic N) is 3. The smallest absolute Gasteiger partial charge is 0.245 e.